The summed E-state index contributed by atoms with van der Waals surface area (Å²) in [5, 5.41) is 85.4. The van der Waals surface area contributed by atoms with Gasteiger partial charge in [0.1, 0.15) is 0 Å². The third kappa shape index (κ3) is 1.57. The zero-order valence-electron chi connectivity index (χ0n) is 39.1. The highest BCUT2D eigenvalue weighted by molar-refractivity contribution is 6.82. The van der Waals surface area contributed by atoms with Crippen LogP contribution in [-0.2, 0) is 20.4 Å². The molecule has 0 radical (unpaired) electrons. The highest BCUT2D eigenvalue weighted by Crippen LogP contribution is 2.88. The van der Waals surface area contributed by atoms with Crippen molar-refractivity contribution in [1.82, 2.24) is 0 Å². The van der Waals surface area contributed by atoms with Crippen LogP contribution in [0.15, 0.2) is 42.5 Å². The first-order valence-corrected chi connectivity index (χ1v) is 28.6. The van der Waals surface area contributed by atoms with Gasteiger partial charge >= 0.3 is 0 Å². The molecule has 37 rings (SSSR count). The number of amides is 2. The Labute approximate surface area is 419 Å². The number of nitrogens with zero attached hydrogens (tertiary/aromatic N) is 1. The molecule has 324 valence electrons. The summed E-state index contributed by atoms with van der Waals surface area (Å²) in [6.07, 6.45) is 5.17. The van der Waals surface area contributed by atoms with Gasteiger partial charge in [0.05, 0.1) is 17.5 Å². The molecule has 1 heterocycles. The highest BCUT2D eigenvalue weighted by Gasteiger charge is 2.81. The molecule has 1 saturated heterocycles. The van der Waals surface area contributed by atoms with E-state index < -0.39 is 22.7 Å². The Balaban J connectivity index is 1.06. The van der Waals surface area contributed by atoms with Gasteiger partial charge in [0.25, 0.3) is 0 Å². The summed E-state index contributed by atoms with van der Waals surface area (Å²) < 4.78 is 0. The minimum absolute atomic E-state index is 0.0259. The molecule has 0 unspecified atom stereocenters. The second kappa shape index (κ2) is 6.64. The summed E-state index contributed by atoms with van der Waals surface area (Å²) >= 11 is 0. The van der Waals surface area contributed by atoms with Crippen molar-refractivity contribution in [3.05, 3.63) is 64.7 Å². The van der Waals surface area contributed by atoms with Crippen molar-refractivity contribution in [3.63, 3.8) is 0 Å². The number of benzene rings is 19. The van der Waals surface area contributed by atoms with Crippen LogP contribution in [0.25, 0.3) is 291 Å². The van der Waals surface area contributed by atoms with E-state index in [-0.39, 0.29) is 23.7 Å². The second-order valence-corrected chi connectivity index (χ2v) is 28.2. The second-order valence-electron chi connectivity index (χ2n) is 28.2. The minimum atomic E-state index is -0.596. The summed E-state index contributed by atoms with van der Waals surface area (Å²) in [4.78, 5) is 34.3. The molecule has 2 spiro atoms. The normalized spacial score (nSPS) is 26.8. The van der Waals surface area contributed by atoms with Crippen LogP contribution >= 0.6 is 0 Å². The van der Waals surface area contributed by atoms with E-state index in [0.717, 1.165) is 5.69 Å². The molecule has 4 atom stereocenters. The van der Waals surface area contributed by atoms with Gasteiger partial charge in [0.15, 0.2) is 0 Å². The molecule has 0 N–H and O–H groups in total. The van der Waals surface area contributed by atoms with Crippen molar-refractivity contribution in [2.24, 2.45) is 23.7 Å². The number of anilines is 1. The van der Waals surface area contributed by atoms with Crippen LogP contribution in [-0.4, -0.2) is 11.8 Å². The fourth-order valence-corrected chi connectivity index (χ4v) is 28.2. The van der Waals surface area contributed by atoms with Crippen LogP contribution in [0.5, 0.6) is 0 Å². The number of carbonyl (C=O) groups excluding carboxylic acids is 2. The zero-order valence-corrected chi connectivity index (χ0v) is 39.1. The van der Waals surface area contributed by atoms with Gasteiger partial charge in [-0.2, -0.15) is 0 Å². The molecule has 7 aliphatic carbocycles. The number of carbonyl (C=O) groups is 2. The van der Waals surface area contributed by atoms with E-state index in [1.807, 2.05) is 30.3 Å². The standard InChI is InChI=1S/C74H11NO2/c76-71-11-9-6-7-10(12(11)72(77)75(71)8-4-2-1-3-5-8)74-69-61-53-43-33-25-17-14-13-15-19-21(17)29-35-27(19)37-31-23(15)24-16(13)20-22-18(14)26(25)34-40-30(22)36-28(20)38-32(24)42-41(31)51-45(37)55-49(35)57(47(53)39(29)33)65(69)63(55)67-59(51)60-52(42)46(38)56-50(36)58-48(40)54(44(34)43)62(61)70(74)66(58)64(56)68(60)73(9,67)74/h1-7,9-12H/t9-,10+,11+,12-,73?,74?. The molecule has 2 fully saturated rings. The van der Waals surface area contributed by atoms with E-state index in [0.29, 0.717) is 0 Å². The minimum Gasteiger partial charge on any atom is -0.274 e. The van der Waals surface area contributed by atoms with Gasteiger partial charge in [-0.05, 0) is 325 Å². The van der Waals surface area contributed by atoms with Crippen molar-refractivity contribution >= 4 is 308 Å². The van der Waals surface area contributed by atoms with Crippen molar-refractivity contribution in [1.29, 1.82) is 0 Å². The van der Waals surface area contributed by atoms with Gasteiger partial charge in [0.2, 0.25) is 11.8 Å². The fourth-order valence-electron chi connectivity index (χ4n) is 28.2. The van der Waals surface area contributed by atoms with Crippen molar-refractivity contribution < 1.29 is 9.59 Å². The lowest BCUT2D eigenvalue weighted by atomic mass is 9.33. The number of hydrogen-bond donors (Lipinski definition) is 0. The van der Waals surface area contributed by atoms with E-state index >= 15 is 9.59 Å². The number of hydrogen-bond acceptors (Lipinski definition) is 2. The first-order chi connectivity index (χ1) is 38.3. The summed E-state index contributed by atoms with van der Waals surface area (Å²) in [7, 11) is 0. The van der Waals surface area contributed by atoms with E-state index in [1.165, 1.54) is 0 Å². The summed E-state index contributed by atoms with van der Waals surface area (Å²) in [5.74, 6) is -1.30. The molecular weight excluding hydrogens is 935 g/mol. The molecule has 29 aromatic carbocycles. The maximum Gasteiger partial charge on any atom is 0.238 e. The smallest absolute Gasteiger partial charge is 0.238 e. The lowest BCUT2D eigenvalue weighted by molar-refractivity contribution is -0.129. The van der Waals surface area contributed by atoms with Gasteiger partial charge in [-0.25, -0.2) is 0 Å². The monoisotopic (exact) mass is 945 g/mol. The molecule has 2 bridgehead atoms. The third-order valence-electron chi connectivity index (χ3n) is 28.2. The number of para-hydroxylation sites is 1. The Morgan fingerprint density at radius 2 is 0.403 bits per heavy atom. The van der Waals surface area contributed by atoms with Crippen LogP contribution < -0.4 is 4.90 Å². The van der Waals surface area contributed by atoms with E-state index in [4.69, 9.17) is 0 Å². The van der Waals surface area contributed by atoms with Crippen LogP contribution in [0.4, 0.5) is 5.69 Å². The first-order valence-electron chi connectivity index (χ1n) is 28.6. The number of imide groups is 1. The van der Waals surface area contributed by atoms with Crippen LogP contribution in [0.2, 0.25) is 0 Å². The molecule has 0 aromatic heterocycles. The van der Waals surface area contributed by atoms with Crippen LogP contribution in [0, 0.1) is 23.7 Å². The van der Waals surface area contributed by atoms with E-state index in [9.17, 15) is 0 Å². The highest BCUT2D eigenvalue weighted by atomic mass is 16.2. The third-order valence-corrected chi connectivity index (χ3v) is 28.2. The Morgan fingerprint density at radius 1 is 0.234 bits per heavy atom. The van der Waals surface area contributed by atoms with Crippen LogP contribution in [0.3, 0.4) is 0 Å². The maximum atomic E-state index is 16.3. The topological polar surface area (TPSA) is 37.4 Å². The molecule has 3 heteroatoms. The van der Waals surface area contributed by atoms with E-state index in [2.05, 4.69) is 12.2 Å². The Kier molecular flexibility index (Phi) is 2.50. The molecule has 8 aliphatic rings. The largest absolute Gasteiger partial charge is 0.274 e. The summed E-state index contributed by atoms with van der Waals surface area (Å²) in [6, 6.07) is 10.1. The summed E-state index contributed by atoms with van der Waals surface area (Å²) in [5.41, 5.74) is 5.88. The quantitative estimate of drug-likeness (QED) is 0.0934. The Bertz CT molecular complexity index is 7270. The lowest BCUT2D eigenvalue weighted by Gasteiger charge is -2.67. The van der Waals surface area contributed by atoms with Crippen molar-refractivity contribution in [3.8, 4) is 0 Å². The van der Waals surface area contributed by atoms with Crippen molar-refractivity contribution in [2.45, 2.75) is 10.8 Å². The van der Waals surface area contributed by atoms with Crippen LogP contribution in [0.1, 0.15) is 22.3 Å². The Hall–Kier alpha value is -9.44. The number of allylic oxidation sites excluding steroid dienone is 2. The molecule has 1 aliphatic heterocycles. The molecule has 3 nitrogen and oxygen atoms in total. The van der Waals surface area contributed by atoms with E-state index in [1.54, 1.807) is 318 Å². The summed E-state index contributed by atoms with van der Waals surface area (Å²) in [6.45, 7) is 0. The predicted molar refractivity (Wildman–Crippen MR) is 316 cm³/mol. The zero-order chi connectivity index (χ0) is 46.1. The van der Waals surface area contributed by atoms with Gasteiger partial charge in [-0.15, -0.1) is 0 Å². The average Bonchev–Trinajstić information content (AvgIpc) is 4.39. The van der Waals surface area contributed by atoms with Gasteiger partial charge < -0.3 is 0 Å². The van der Waals surface area contributed by atoms with Gasteiger partial charge in [0, 0.05) is 22.7 Å². The number of rotatable bonds is 1. The van der Waals surface area contributed by atoms with Gasteiger partial charge in [-0.3, -0.25) is 14.5 Å². The molecule has 2 amide bonds. The molecule has 1 saturated carbocycles. The lowest BCUT2D eigenvalue weighted by Crippen LogP contribution is -2.68. The molecule has 29 aromatic rings. The Morgan fingerprint density at radius 3 is 0.584 bits per heavy atom. The molecule has 77 heavy (non-hydrogen) atoms. The first kappa shape index (κ1) is 29.0. The average molecular weight is 946 g/mol. The maximum absolute atomic E-state index is 16.3. The SMILES string of the molecule is O=C1[C@@H]2[C@H](C(=O)N1c1ccccc1)[C@@H]1C=C[C@H]2C23c4c5c6c7c8c9c(c%10c%11c2c2c4c4c%12c5c5c6c6c8c8c%13c9c9c%10c%10c%11c%11c2c2c4c4c%12c%12c5c5c6c8c6c8c%13c9c9c%10c%10c%11c2c2c4c4c%12c5c6c5c8c9c%10c2c45)C713. The van der Waals surface area contributed by atoms with Crippen molar-refractivity contribution in [2.75, 3.05) is 4.90 Å². The predicted octanol–water partition coefficient (Wildman–Crippen LogP) is 17.9. The fraction of sp³-hybridized carbons (Fsp3) is 0.0811. The van der Waals surface area contributed by atoms with Gasteiger partial charge in [-0.1, -0.05) is 30.4 Å². The molecular formula is C74H11NO2.